The monoisotopic (exact) mass is 472 g/mol. The molecule has 0 fully saturated rings. The second-order valence-corrected chi connectivity index (χ2v) is 8.86. The number of para-hydroxylation sites is 2. The van der Waals surface area contributed by atoms with Gasteiger partial charge in [-0.1, -0.05) is 41.9 Å². The van der Waals surface area contributed by atoms with Crippen LogP contribution in [0, 0.1) is 0 Å². The molecule has 0 unspecified atom stereocenters. The summed E-state index contributed by atoms with van der Waals surface area (Å²) in [6, 6.07) is 14.5. The fraction of sp³-hybridized carbons (Fsp3) is 0.273. The van der Waals surface area contributed by atoms with Crippen LogP contribution in [-0.2, 0) is 19.3 Å². The topological polar surface area (TPSA) is 91.3 Å². The van der Waals surface area contributed by atoms with E-state index in [1.807, 2.05) is 36.4 Å². The highest BCUT2D eigenvalue weighted by atomic mass is 35.5. The number of carbonyl (C=O) groups excluding carboxylic acids is 3. The van der Waals surface area contributed by atoms with Gasteiger partial charge >= 0.3 is 0 Å². The number of halogens is 1. The number of rotatable bonds is 5. The van der Waals surface area contributed by atoms with Gasteiger partial charge in [0, 0.05) is 26.0 Å². The van der Waals surface area contributed by atoms with Gasteiger partial charge in [-0.2, -0.15) is 5.01 Å². The van der Waals surface area contributed by atoms with Crippen LogP contribution in [0.1, 0.15) is 25.8 Å². The lowest BCUT2D eigenvalue weighted by atomic mass is 10.1. The maximum absolute atomic E-state index is 13.7. The van der Waals surface area contributed by atoms with Gasteiger partial charge in [0.15, 0.2) is 5.17 Å². The summed E-state index contributed by atoms with van der Waals surface area (Å²) in [5, 5.41) is 8.72. The van der Waals surface area contributed by atoms with Gasteiger partial charge in [0.1, 0.15) is 5.75 Å². The molecule has 2 aliphatic heterocycles. The fourth-order valence-electron chi connectivity index (χ4n) is 3.75. The summed E-state index contributed by atoms with van der Waals surface area (Å²) in [6.45, 7) is 3.43. The molecule has 3 amide bonds. The molecular weight excluding hydrogens is 452 g/mol. The smallest absolute Gasteiger partial charge is 0.270 e. The highest BCUT2D eigenvalue weighted by molar-refractivity contribution is 8.15. The zero-order valence-corrected chi connectivity index (χ0v) is 19.1. The number of nitrogens with one attached hydrogen (secondary N) is 1. The van der Waals surface area contributed by atoms with Crippen LogP contribution in [0.3, 0.4) is 0 Å². The highest BCUT2D eigenvalue weighted by Crippen LogP contribution is 2.54. The Balaban J connectivity index is 1.56. The van der Waals surface area contributed by atoms with Gasteiger partial charge in [0.05, 0.1) is 17.3 Å². The average Bonchev–Trinajstić information content (AvgIpc) is 3.24. The Morgan fingerprint density at radius 3 is 2.59 bits per heavy atom. The first-order valence-electron chi connectivity index (χ1n) is 9.99. The average molecular weight is 473 g/mol. The van der Waals surface area contributed by atoms with Crippen LogP contribution in [0.2, 0.25) is 5.02 Å². The third-order valence-electron chi connectivity index (χ3n) is 5.03. The largest absolute Gasteiger partial charge is 0.492 e. The number of carbonyl (C=O) groups is 3. The van der Waals surface area contributed by atoms with E-state index in [2.05, 4.69) is 10.4 Å². The molecule has 0 radical (unpaired) electrons. The van der Waals surface area contributed by atoms with Crippen LogP contribution in [-0.4, -0.2) is 41.0 Å². The molecule has 2 aliphatic rings. The van der Waals surface area contributed by atoms with E-state index in [9.17, 15) is 14.4 Å². The Morgan fingerprint density at radius 2 is 1.88 bits per heavy atom. The first kappa shape index (κ1) is 22.2. The third-order valence-corrected chi connectivity index (χ3v) is 6.58. The molecule has 0 aromatic heterocycles. The quantitative estimate of drug-likeness (QED) is 0.674. The lowest BCUT2D eigenvalue weighted by Gasteiger charge is -2.29. The van der Waals surface area contributed by atoms with Crippen molar-refractivity contribution in [2.45, 2.75) is 25.1 Å². The van der Waals surface area contributed by atoms with Gasteiger partial charge in [-0.15, -0.1) is 5.10 Å². The summed E-state index contributed by atoms with van der Waals surface area (Å²) in [5.41, 5.74) is 1.36. The second kappa shape index (κ2) is 8.84. The minimum atomic E-state index is -1.39. The maximum atomic E-state index is 13.7. The lowest BCUT2D eigenvalue weighted by Crippen LogP contribution is -2.48. The molecule has 2 aromatic rings. The summed E-state index contributed by atoms with van der Waals surface area (Å²) in [6.07, 6.45) is 0.547. The lowest BCUT2D eigenvalue weighted by molar-refractivity contribution is -0.139. The summed E-state index contributed by atoms with van der Waals surface area (Å²) < 4.78 is 5.75. The number of amidine groups is 1. The van der Waals surface area contributed by atoms with Crippen molar-refractivity contribution in [3.05, 3.63) is 59.1 Å². The first-order chi connectivity index (χ1) is 15.3. The van der Waals surface area contributed by atoms with Gasteiger partial charge in [0.2, 0.25) is 16.7 Å². The minimum Gasteiger partial charge on any atom is -0.492 e. The van der Waals surface area contributed by atoms with E-state index in [0.29, 0.717) is 41.6 Å². The number of hydrazone groups is 1. The molecule has 1 N–H and O–H groups in total. The molecule has 4 rings (SSSR count). The molecule has 10 heteroatoms. The summed E-state index contributed by atoms with van der Waals surface area (Å²) in [7, 11) is 0. The Morgan fingerprint density at radius 1 is 1.16 bits per heavy atom. The van der Waals surface area contributed by atoms with Crippen molar-refractivity contribution in [1.82, 2.24) is 10.3 Å². The molecule has 0 saturated heterocycles. The molecule has 32 heavy (non-hydrogen) atoms. The van der Waals surface area contributed by atoms with Crippen molar-refractivity contribution in [2.75, 3.05) is 18.1 Å². The fourth-order valence-corrected chi connectivity index (χ4v) is 5.28. The van der Waals surface area contributed by atoms with Crippen LogP contribution < -0.4 is 15.0 Å². The van der Waals surface area contributed by atoms with E-state index in [-0.39, 0.29) is 17.0 Å². The molecule has 1 spiro atoms. The molecule has 1 atom stereocenters. The molecule has 2 heterocycles. The van der Waals surface area contributed by atoms with E-state index in [0.717, 1.165) is 16.8 Å². The van der Waals surface area contributed by atoms with Gasteiger partial charge in [0.25, 0.3) is 5.91 Å². The van der Waals surface area contributed by atoms with Crippen molar-refractivity contribution in [3.63, 3.8) is 0 Å². The van der Waals surface area contributed by atoms with Gasteiger partial charge in [-0.05, 0) is 36.4 Å². The van der Waals surface area contributed by atoms with E-state index >= 15 is 0 Å². The normalized spacial score (nSPS) is 19.2. The third kappa shape index (κ3) is 3.82. The summed E-state index contributed by atoms with van der Waals surface area (Å²) >= 11 is 7.19. The second-order valence-electron chi connectivity index (χ2n) is 7.27. The molecule has 0 aliphatic carbocycles. The zero-order chi connectivity index (χ0) is 22.9. The zero-order valence-electron chi connectivity index (χ0n) is 17.5. The van der Waals surface area contributed by atoms with E-state index in [1.165, 1.54) is 13.8 Å². The number of nitrogens with zero attached hydrogens (tertiary/aromatic N) is 3. The molecule has 8 nitrogen and oxygen atoms in total. The number of anilines is 1. The van der Waals surface area contributed by atoms with Crippen molar-refractivity contribution in [3.8, 4) is 5.75 Å². The first-order valence-corrected chi connectivity index (χ1v) is 11.2. The summed E-state index contributed by atoms with van der Waals surface area (Å²) in [5.74, 6) is -0.434. The minimum absolute atomic E-state index is 0.208. The van der Waals surface area contributed by atoms with E-state index < -0.39 is 10.8 Å². The number of hydrogen-bond acceptors (Lipinski definition) is 6. The molecule has 2 aromatic carbocycles. The van der Waals surface area contributed by atoms with Gasteiger partial charge in [-0.3, -0.25) is 14.4 Å². The van der Waals surface area contributed by atoms with Crippen LogP contribution in [0.15, 0.2) is 53.6 Å². The van der Waals surface area contributed by atoms with E-state index in [4.69, 9.17) is 16.3 Å². The Hall–Kier alpha value is -3.04. The van der Waals surface area contributed by atoms with Gasteiger partial charge < -0.3 is 15.0 Å². The van der Waals surface area contributed by atoms with Gasteiger partial charge in [-0.25, -0.2) is 0 Å². The SMILES string of the molecule is CC(=O)NC1=NN(C(C)=O)[C@]2(S1)C(=O)N(CCCOc1ccccc1Cl)c1ccccc12. The van der Waals surface area contributed by atoms with Crippen molar-refractivity contribution >= 4 is 51.9 Å². The Bertz CT molecular complexity index is 1120. The maximum Gasteiger partial charge on any atom is 0.270 e. The number of amides is 3. The Labute approximate surface area is 194 Å². The molecule has 0 bridgehead atoms. The van der Waals surface area contributed by atoms with Crippen LogP contribution in [0.4, 0.5) is 5.69 Å². The summed E-state index contributed by atoms with van der Waals surface area (Å²) in [4.78, 5) is 38.0. The van der Waals surface area contributed by atoms with Crippen LogP contribution in [0.25, 0.3) is 0 Å². The number of fused-ring (bicyclic) bond motifs is 2. The standard InChI is InChI=1S/C22H21ClN4O4S/c1-14(28)24-21-25-27(15(2)29)22(32-21)16-8-3-5-10-18(16)26(20(22)30)12-7-13-31-19-11-6-4-9-17(19)23/h3-6,8-11H,7,12-13H2,1-2H3,(H,24,25,28)/t22-/m1/s1. The highest BCUT2D eigenvalue weighted by Gasteiger charge is 2.60. The van der Waals surface area contributed by atoms with Crippen molar-refractivity contribution < 1.29 is 19.1 Å². The molecular formula is C22H21ClN4O4S. The van der Waals surface area contributed by atoms with Crippen molar-refractivity contribution in [2.24, 2.45) is 5.10 Å². The predicted octanol–water partition coefficient (Wildman–Crippen LogP) is 3.31. The predicted molar refractivity (Wildman–Crippen MR) is 123 cm³/mol. The van der Waals surface area contributed by atoms with Crippen LogP contribution in [0.5, 0.6) is 5.75 Å². The van der Waals surface area contributed by atoms with Crippen molar-refractivity contribution in [1.29, 1.82) is 0 Å². The molecule has 0 saturated carbocycles. The number of benzene rings is 2. The Kier molecular flexibility index (Phi) is 6.12. The number of ether oxygens (including phenoxy) is 1. The van der Waals surface area contributed by atoms with Crippen LogP contribution >= 0.6 is 23.4 Å². The number of hydrogen-bond donors (Lipinski definition) is 1. The number of thioether (sulfide) groups is 1. The van der Waals surface area contributed by atoms with E-state index in [1.54, 1.807) is 17.0 Å². The molecule has 166 valence electrons.